The lowest BCUT2D eigenvalue weighted by Crippen LogP contribution is -1.97. The van der Waals surface area contributed by atoms with Crippen LogP contribution in [0.15, 0.2) is 46.9 Å². The lowest BCUT2D eigenvalue weighted by Gasteiger charge is -2.12. The maximum Gasteiger partial charge on any atom is 0.0637 e. The van der Waals surface area contributed by atoms with Gasteiger partial charge in [0.25, 0.3) is 0 Å². The Bertz CT molecular complexity index is 537. The van der Waals surface area contributed by atoms with Crippen LogP contribution in [-0.4, -0.2) is 0 Å². The molecule has 0 bridgehead atoms. The largest absolute Gasteiger partial charge is 0.117 e. The van der Waals surface area contributed by atoms with Crippen molar-refractivity contribution in [3.63, 3.8) is 0 Å². The zero-order valence-corrected chi connectivity index (χ0v) is 13.2. The molecule has 2 aromatic rings. The van der Waals surface area contributed by atoms with Crippen molar-refractivity contribution in [3.8, 4) is 0 Å². The molecule has 0 heterocycles. The van der Waals surface area contributed by atoms with Gasteiger partial charge in [0.15, 0.2) is 0 Å². The van der Waals surface area contributed by atoms with Crippen molar-refractivity contribution in [1.29, 1.82) is 0 Å². The summed E-state index contributed by atoms with van der Waals surface area (Å²) in [5, 5.41) is 1.29. The van der Waals surface area contributed by atoms with Crippen molar-refractivity contribution in [3.05, 3.63) is 68.1 Å². The molecule has 94 valence electrons. The average molecular weight is 364 g/mol. The summed E-state index contributed by atoms with van der Waals surface area (Å²) < 4.78 is 0.973. The molecule has 18 heavy (non-hydrogen) atoms. The van der Waals surface area contributed by atoms with Crippen LogP contribution >= 0.6 is 50.7 Å². The van der Waals surface area contributed by atoms with Crippen molar-refractivity contribution >= 4 is 50.7 Å². The molecule has 0 aliphatic rings. The van der Waals surface area contributed by atoms with Gasteiger partial charge < -0.3 is 0 Å². The van der Waals surface area contributed by atoms with E-state index in [1.165, 1.54) is 0 Å². The topological polar surface area (TPSA) is 0 Å². The third-order valence-corrected chi connectivity index (χ3v) is 4.22. The number of rotatable bonds is 3. The van der Waals surface area contributed by atoms with Crippen LogP contribution in [0, 0.1) is 0 Å². The van der Waals surface area contributed by atoms with Gasteiger partial charge in [-0.25, -0.2) is 0 Å². The third-order valence-electron chi connectivity index (χ3n) is 2.62. The van der Waals surface area contributed by atoms with E-state index in [0.29, 0.717) is 5.02 Å². The molecule has 0 aliphatic heterocycles. The van der Waals surface area contributed by atoms with Gasteiger partial charge in [-0.1, -0.05) is 51.3 Å². The predicted molar refractivity (Wildman–Crippen MR) is 82.9 cm³/mol. The second kappa shape index (κ2) is 6.29. The zero-order valence-electron chi connectivity index (χ0n) is 9.34. The summed E-state index contributed by atoms with van der Waals surface area (Å²) in [4.78, 5) is 0. The second-order valence-electron chi connectivity index (χ2n) is 3.96. The first-order valence-electron chi connectivity index (χ1n) is 5.40. The van der Waals surface area contributed by atoms with Crippen molar-refractivity contribution < 1.29 is 0 Å². The van der Waals surface area contributed by atoms with Crippen LogP contribution in [0.2, 0.25) is 10.0 Å². The number of halogens is 4. The van der Waals surface area contributed by atoms with Crippen LogP contribution in [0.3, 0.4) is 0 Å². The van der Waals surface area contributed by atoms with E-state index < -0.39 is 0 Å². The number of hydrogen-bond acceptors (Lipinski definition) is 0. The number of hydrogen-bond donors (Lipinski definition) is 0. The molecular formula is C14H10BrCl3. The minimum Gasteiger partial charge on any atom is -0.117 e. The maximum atomic E-state index is 6.44. The van der Waals surface area contributed by atoms with Gasteiger partial charge in [0.05, 0.1) is 5.38 Å². The Morgan fingerprint density at radius 3 is 2.22 bits per heavy atom. The first kappa shape index (κ1) is 14.2. The van der Waals surface area contributed by atoms with Crippen LogP contribution < -0.4 is 0 Å². The molecule has 0 radical (unpaired) electrons. The van der Waals surface area contributed by atoms with Crippen molar-refractivity contribution in [2.24, 2.45) is 0 Å². The normalized spacial score (nSPS) is 12.4. The smallest absolute Gasteiger partial charge is 0.0637 e. The van der Waals surface area contributed by atoms with E-state index in [9.17, 15) is 0 Å². The average Bonchev–Trinajstić information content (AvgIpc) is 2.35. The minimum atomic E-state index is -0.126. The van der Waals surface area contributed by atoms with E-state index in [1.807, 2.05) is 42.5 Å². The summed E-state index contributed by atoms with van der Waals surface area (Å²) in [6, 6.07) is 13.3. The lowest BCUT2D eigenvalue weighted by molar-refractivity contribution is 0.915. The lowest BCUT2D eigenvalue weighted by atomic mass is 10.0. The van der Waals surface area contributed by atoms with Gasteiger partial charge in [-0.2, -0.15) is 0 Å². The summed E-state index contributed by atoms with van der Waals surface area (Å²) in [5.74, 6) is 0. The molecule has 0 spiro atoms. The quantitative estimate of drug-likeness (QED) is 0.562. The monoisotopic (exact) mass is 362 g/mol. The van der Waals surface area contributed by atoms with Crippen molar-refractivity contribution in [1.82, 2.24) is 0 Å². The van der Waals surface area contributed by atoms with E-state index in [2.05, 4.69) is 15.9 Å². The molecule has 0 amide bonds. The molecule has 1 atom stereocenters. The van der Waals surface area contributed by atoms with E-state index in [0.717, 1.165) is 27.0 Å². The van der Waals surface area contributed by atoms with Gasteiger partial charge in [-0.05, 0) is 47.9 Å². The Hall–Kier alpha value is -0.210. The van der Waals surface area contributed by atoms with Gasteiger partial charge in [0.2, 0.25) is 0 Å². The fourth-order valence-corrected chi connectivity index (χ4v) is 3.01. The van der Waals surface area contributed by atoms with Gasteiger partial charge in [0.1, 0.15) is 0 Å². The highest BCUT2D eigenvalue weighted by Crippen LogP contribution is 2.33. The van der Waals surface area contributed by atoms with Crippen LogP contribution in [0.1, 0.15) is 16.5 Å². The molecular weight excluding hydrogens is 354 g/mol. The van der Waals surface area contributed by atoms with E-state index in [1.54, 1.807) is 0 Å². The van der Waals surface area contributed by atoms with E-state index in [-0.39, 0.29) is 5.38 Å². The zero-order chi connectivity index (χ0) is 13.1. The molecule has 0 saturated heterocycles. The first-order valence-corrected chi connectivity index (χ1v) is 7.38. The van der Waals surface area contributed by atoms with Crippen LogP contribution in [0.25, 0.3) is 0 Å². The highest BCUT2D eigenvalue weighted by molar-refractivity contribution is 9.10. The SMILES string of the molecule is Clc1ccc(CC(Cl)c2cc(Cl)ccc2Br)cc1. The van der Waals surface area contributed by atoms with Gasteiger partial charge in [0, 0.05) is 14.5 Å². The van der Waals surface area contributed by atoms with Crippen molar-refractivity contribution in [2.45, 2.75) is 11.8 Å². The van der Waals surface area contributed by atoms with Gasteiger partial charge in [-0.3, -0.25) is 0 Å². The second-order valence-corrected chi connectivity index (χ2v) is 6.22. The minimum absolute atomic E-state index is 0.126. The fraction of sp³-hybridized carbons (Fsp3) is 0.143. The van der Waals surface area contributed by atoms with Crippen LogP contribution in [-0.2, 0) is 6.42 Å². The molecule has 0 aromatic heterocycles. The number of alkyl halides is 1. The summed E-state index contributed by atoms with van der Waals surface area (Å²) in [7, 11) is 0. The third kappa shape index (κ3) is 3.64. The Kier molecular flexibility index (Phi) is 4.97. The van der Waals surface area contributed by atoms with Crippen molar-refractivity contribution in [2.75, 3.05) is 0 Å². The Morgan fingerprint density at radius 2 is 1.56 bits per heavy atom. The maximum absolute atomic E-state index is 6.44. The fourth-order valence-electron chi connectivity index (χ4n) is 1.69. The highest BCUT2D eigenvalue weighted by Gasteiger charge is 2.13. The Balaban J connectivity index is 2.18. The molecule has 2 aromatic carbocycles. The molecule has 0 N–H and O–H groups in total. The summed E-state index contributed by atoms with van der Waals surface area (Å²) >= 11 is 21.8. The van der Waals surface area contributed by atoms with Gasteiger partial charge >= 0.3 is 0 Å². The Labute approximate surface area is 130 Å². The van der Waals surface area contributed by atoms with E-state index >= 15 is 0 Å². The standard InChI is InChI=1S/C14H10BrCl3/c15-13-6-5-11(17)8-12(13)14(18)7-9-1-3-10(16)4-2-9/h1-6,8,14H,7H2. The first-order chi connectivity index (χ1) is 8.56. The summed E-state index contributed by atoms with van der Waals surface area (Å²) in [6.45, 7) is 0. The molecule has 4 heteroatoms. The number of benzene rings is 2. The van der Waals surface area contributed by atoms with Crippen LogP contribution in [0.4, 0.5) is 0 Å². The summed E-state index contributed by atoms with van der Waals surface area (Å²) in [5.41, 5.74) is 2.14. The summed E-state index contributed by atoms with van der Waals surface area (Å²) in [6.07, 6.45) is 0.734. The molecule has 0 aliphatic carbocycles. The molecule has 0 fully saturated rings. The molecule has 0 nitrogen and oxygen atoms in total. The molecule has 1 unspecified atom stereocenters. The Morgan fingerprint density at radius 1 is 0.944 bits per heavy atom. The van der Waals surface area contributed by atoms with Gasteiger partial charge in [-0.15, -0.1) is 11.6 Å². The predicted octanol–water partition coefficient (Wildman–Crippen LogP) is 6.28. The molecule has 0 saturated carbocycles. The van der Waals surface area contributed by atoms with E-state index in [4.69, 9.17) is 34.8 Å². The molecule has 2 rings (SSSR count). The van der Waals surface area contributed by atoms with Crippen LogP contribution in [0.5, 0.6) is 0 Å². The highest BCUT2D eigenvalue weighted by atomic mass is 79.9.